The Kier molecular flexibility index (Phi) is 12.5. The third-order valence-electron chi connectivity index (χ3n) is 2.71. The summed E-state index contributed by atoms with van der Waals surface area (Å²) in [6, 6.07) is 0. The number of hydrogen-bond donors (Lipinski definition) is 7. The SMILES string of the molecule is CC(CC(O)C(C)(C)N)C(C)(C)N.NO.NO. The Bertz CT molecular complexity index is 148. The van der Waals surface area contributed by atoms with Crippen LogP contribution in [0.5, 0.6) is 0 Å². The maximum absolute atomic E-state index is 9.74. The van der Waals surface area contributed by atoms with E-state index in [-0.39, 0.29) is 11.5 Å². The monoisotopic (exact) mass is 254 g/mol. The first-order valence-corrected chi connectivity index (χ1v) is 5.32. The topological polar surface area (TPSA) is 165 Å². The molecule has 7 nitrogen and oxygen atoms in total. The Labute approximate surface area is 104 Å². The summed E-state index contributed by atoms with van der Waals surface area (Å²) in [6.07, 6.45) is 0.151. The lowest BCUT2D eigenvalue weighted by molar-refractivity contribution is 0.0694. The first-order chi connectivity index (χ1) is 7.55. The third kappa shape index (κ3) is 12.0. The maximum Gasteiger partial charge on any atom is 0.0717 e. The van der Waals surface area contributed by atoms with Crippen LogP contribution in [0.4, 0.5) is 0 Å². The van der Waals surface area contributed by atoms with Gasteiger partial charge in [-0.3, -0.25) is 0 Å². The smallest absolute Gasteiger partial charge is 0.0717 e. The van der Waals surface area contributed by atoms with Gasteiger partial charge in [0, 0.05) is 11.1 Å². The fourth-order valence-electron chi connectivity index (χ4n) is 0.942. The lowest BCUT2D eigenvalue weighted by Gasteiger charge is -2.33. The van der Waals surface area contributed by atoms with E-state index in [0.717, 1.165) is 0 Å². The molecule has 0 aliphatic heterocycles. The lowest BCUT2D eigenvalue weighted by Crippen LogP contribution is -2.49. The molecule has 108 valence electrons. The zero-order valence-corrected chi connectivity index (χ0v) is 11.5. The van der Waals surface area contributed by atoms with Gasteiger partial charge in [-0.15, -0.1) is 0 Å². The standard InChI is InChI=1S/C10H24N2O.2H3NO/c1-7(9(2,3)11)6-8(13)10(4,5)12;2*1-2/h7-8,13H,6,11-12H2,1-5H3;2*2H,1H2. The third-order valence-corrected chi connectivity index (χ3v) is 2.71. The zero-order chi connectivity index (χ0) is 14.9. The fraction of sp³-hybridized carbons (Fsp3) is 1.00. The van der Waals surface area contributed by atoms with Crippen LogP contribution in [0, 0.1) is 5.92 Å². The molecule has 0 bridgehead atoms. The van der Waals surface area contributed by atoms with Crippen molar-refractivity contribution in [1.82, 2.24) is 0 Å². The second-order valence-electron chi connectivity index (χ2n) is 5.30. The van der Waals surface area contributed by atoms with Crippen LogP contribution in [-0.4, -0.2) is 32.7 Å². The lowest BCUT2D eigenvalue weighted by atomic mass is 9.82. The van der Waals surface area contributed by atoms with Gasteiger partial charge in [-0.25, -0.2) is 11.8 Å². The van der Waals surface area contributed by atoms with Crippen molar-refractivity contribution in [1.29, 1.82) is 0 Å². The summed E-state index contributed by atoms with van der Waals surface area (Å²) in [7, 11) is 0. The predicted molar refractivity (Wildman–Crippen MR) is 68.3 cm³/mol. The molecule has 17 heavy (non-hydrogen) atoms. The van der Waals surface area contributed by atoms with Crippen LogP contribution in [-0.2, 0) is 0 Å². The van der Waals surface area contributed by atoms with Gasteiger partial charge in [-0.05, 0) is 40.0 Å². The molecule has 0 aliphatic carbocycles. The van der Waals surface area contributed by atoms with Gasteiger partial charge in [-0.2, -0.15) is 0 Å². The Balaban J connectivity index is -0.000000439. The van der Waals surface area contributed by atoms with Gasteiger partial charge in [0.2, 0.25) is 0 Å². The molecule has 0 aromatic rings. The number of aliphatic hydroxyl groups excluding tert-OH is 1. The van der Waals surface area contributed by atoms with E-state index in [1.54, 1.807) is 0 Å². The van der Waals surface area contributed by atoms with E-state index in [9.17, 15) is 5.11 Å². The average Bonchev–Trinajstić information content (AvgIpc) is 2.21. The van der Waals surface area contributed by atoms with E-state index >= 15 is 0 Å². The summed E-state index contributed by atoms with van der Waals surface area (Å²) in [4.78, 5) is 0. The molecule has 2 unspecified atom stereocenters. The largest absolute Gasteiger partial charge is 0.391 e. The molecule has 0 rings (SSSR count). The second-order valence-corrected chi connectivity index (χ2v) is 5.30. The van der Waals surface area contributed by atoms with Gasteiger partial charge < -0.3 is 27.0 Å². The van der Waals surface area contributed by atoms with E-state index in [4.69, 9.17) is 21.9 Å². The summed E-state index contributed by atoms with van der Waals surface area (Å²) in [5, 5.41) is 22.7. The molecule has 0 saturated heterocycles. The molecular formula is C10H30N4O3. The summed E-state index contributed by atoms with van der Waals surface area (Å²) < 4.78 is 0. The van der Waals surface area contributed by atoms with Crippen molar-refractivity contribution in [3.63, 3.8) is 0 Å². The first kappa shape index (κ1) is 21.9. The molecule has 0 aromatic carbocycles. The molecule has 0 amide bonds. The summed E-state index contributed by atoms with van der Waals surface area (Å²) >= 11 is 0. The van der Waals surface area contributed by atoms with Gasteiger partial charge in [-0.1, -0.05) is 6.92 Å². The zero-order valence-electron chi connectivity index (χ0n) is 11.5. The average molecular weight is 254 g/mol. The van der Waals surface area contributed by atoms with Crippen LogP contribution in [0.25, 0.3) is 0 Å². The number of hydrogen-bond acceptors (Lipinski definition) is 7. The van der Waals surface area contributed by atoms with Crippen molar-refractivity contribution < 1.29 is 15.5 Å². The van der Waals surface area contributed by atoms with E-state index in [1.807, 2.05) is 34.6 Å². The molecule has 11 N–H and O–H groups in total. The van der Waals surface area contributed by atoms with Crippen LogP contribution in [0.1, 0.15) is 41.0 Å². The van der Waals surface area contributed by atoms with Crippen molar-refractivity contribution in [3.8, 4) is 0 Å². The Hall–Kier alpha value is -0.280. The fourth-order valence-corrected chi connectivity index (χ4v) is 0.942. The minimum absolute atomic E-state index is 0.255. The van der Waals surface area contributed by atoms with Crippen LogP contribution < -0.4 is 23.3 Å². The van der Waals surface area contributed by atoms with Gasteiger partial charge in [0.05, 0.1) is 6.10 Å². The highest BCUT2D eigenvalue weighted by Gasteiger charge is 2.29. The quantitative estimate of drug-likeness (QED) is 0.333. The molecule has 0 saturated carbocycles. The first-order valence-electron chi connectivity index (χ1n) is 5.32. The van der Waals surface area contributed by atoms with Crippen LogP contribution in [0.3, 0.4) is 0 Å². The van der Waals surface area contributed by atoms with Crippen molar-refractivity contribution >= 4 is 0 Å². The number of aliphatic hydroxyl groups is 1. The van der Waals surface area contributed by atoms with Crippen LogP contribution in [0.15, 0.2) is 0 Å². The Morgan fingerprint density at radius 3 is 1.35 bits per heavy atom. The molecule has 0 radical (unpaired) electrons. The highest BCUT2D eigenvalue weighted by Crippen LogP contribution is 2.22. The minimum Gasteiger partial charge on any atom is -0.391 e. The van der Waals surface area contributed by atoms with Crippen LogP contribution >= 0.6 is 0 Å². The molecule has 0 fully saturated rings. The minimum atomic E-state index is -0.542. The van der Waals surface area contributed by atoms with Gasteiger partial charge in [0.15, 0.2) is 0 Å². The molecule has 0 aliphatic rings. The van der Waals surface area contributed by atoms with Crippen molar-refractivity contribution in [2.75, 3.05) is 0 Å². The normalized spacial score (nSPS) is 14.8. The molecule has 7 heteroatoms. The molecule has 0 heterocycles. The summed E-state index contributed by atoms with van der Waals surface area (Å²) in [5.74, 6) is 7.25. The molecular weight excluding hydrogens is 224 g/mol. The Morgan fingerprint density at radius 2 is 1.18 bits per heavy atom. The summed E-state index contributed by atoms with van der Waals surface area (Å²) in [6.45, 7) is 9.62. The van der Waals surface area contributed by atoms with Crippen molar-refractivity contribution in [2.24, 2.45) is 29.2 Å². The number of nitrogens with two attached hydrogens (primary N) is 4. The molecule has 0 spiro atoms. The van der Waals surface area contributed by atoms with Crippen molar-refractivity contribution in [2.45, 2.75) is 58.2 Å². The van der Waals surface area contributed by atoms with Crippen molar-refractivity contribution in [3.05, 3.63) is 0 Å². The highest BCUT2D eigenvalue weighted by atomic mass is 16.4. The molecule has 0 aromatic heterocycles. The summed E-state index contributed by atoms with van der Waals surface area (Å²) in [5.41, 5.74) is 10.9. The van der Waals surface area contributed by atoms with Gasteiger partial charge in [0.1, 0.15) is 0 Å². The van der Waals surface area contributed by atoms with E-state index < -0.39 is 11.6 Å². The maximum atomic E-state index is 9.74. The predicted octanol–water partition coefficient (Wildman–Crippen LogP) is -0.483. The van der Waals surface area contributed by atoms with E-state index in [0.29, 0.717) is 6.42 Å². The van der Waals surface area contributed by atoms with E-state index in [2.05, 4.69) is 11.8 Å². The second kappa shape index (κ2) is 9.72. The van der Waals surface area contributed by atoms with Gasteiger partial charge >= 0.3 is 0 Å². The van der Waals surface area contributed by atoms with E-state index in [1.165, 1.54) is 0 Å². The highest BCUT2D eigenvalue weighted by molar-refractivity contribution is 4.88. The molecule has 2 atom stereocenters. The van der Waals surface area contributed by atoms with Gasteiger partial charge in [0.25, 0.3) is 0 Å². The number of rotatable bonds is 4. The van der Waals surface area contributed by atoms with Crippen LogP contribution in [0.2, 0.25) is 0 Å². The Morgan fingerprint density at radius 1 is 0.882 bits per heavy atom.